The van der Waals surface area contributed by atoms with Crippen LogP contribution in [0.5, 0.6) is 5.75 Å². The number of aryl methyl sites for hydroxylation is 1. The van der Waals surface area contributed by atoms with Crippen LogP contribution in [0, 0.1) is 11.7 Å². The molecule has 1 fully saturated rings. The maximum atomic E-state index is 14.2. The number of halogens is 2. The molecule has 0 aromatic heterocycles. The zero-order valence-electron chi connectivity index (χ0n) is 13.5. The Bertz CT molecular complexity index is 456. The second-order valence-electron chi connectivity index (χ2n) is 6.04. The van der Waals surface area contributed by atoms with E-state index in [1.807, 2.05) is 13.0 Å². The minimum Gasteiger partial charge on any atom is -0.490 e. The first-order chi connectivity index (χ1) is 10.6. The summed E-state index contributed by atoms with van der Waals surface area (Å²) in [6.45, 7) is 2.19. The van der Waals surface area contributed by atoms with Gasteiger partial charge in [-0.15, -0.1) is 0 Å². The van der Waals surface area contributed by atoms with Gasteiger partial charge in [-0.2, -0.15) is 0 Å². The van der Waals surface area contributed by atoms with Crippen LogP contribution in [0.2, 0.25) is 0 Å². The molecule has 0 bridgehead atoms. The van der Waals surface area contributed by atoms with Crippen molar-refractivity contribution >= 4 is 0 Å². The molecule has 1 aromatic carbocycles. The summed E-state index contributed by atoms with van der Waals surface area (Å²) in [4.78, 5) is 0. The second-order valence-corrected chi connectivity index (χ2v) is 6.04. The van der Waals surface area contributed by atoms with Gasteiger partial charge in [-0.05, 0) is 55.7 Å². The molecule has 0 heterocycles. The van der Waals surface area contributed by atoms with Crippen LogP contribution in [0.1, 0.15) is 44.6 Å². The molecule has 0 saturated heterocycles. The highest BCUT2D eigenvalue weighted by atomic mass is 19.1. The lowest BCUT2D eigenvalue weighted by Gasteiger charge is -2.29. The van der Waals surface area contributed by atoms with Gasteiger partial charge in [0.15, 0.2) is 11.6 Å². The molecule has 2 rings (SSSR count). The van der Waals surface area contributed by atoms with E-state index in [1.165, 1.54) is 6.07 Å². The van der Waals surface area contributed by atoms with Gasteiger partial charge in [-0.25, -0.2) is 8.78 Å². The first-order valence-electron chi connectivity index (χ1n) is 8.22. The summed E-state index contributed by atoms with van der Waals surface area (Å²) >= 11 is 0. The van der Waals surface area contributed by atoms with E-state index in [4.69, 9.17) is 9.47 Å². The summed E-state index contributed by atoms with van der Waals surface area (Å²) in [6.07, 6.45) is 4.08. The van der Waals surface area contributed by atoms with E-state index < -0.39 is 6.17 Å². The van der Waals surface area contributed by atoms with Gasteiger partial charge in [-0.1, -0.05) is 13.0 Å². The molecular weight excluding hydrogens is 286 g/mol. The Labute approximate surface area is 131 Å². The molecule has 22 heavy (non-hydrogen) atoms. The molecule has 4 heteroatoms. The van der Waals surface area contributed by atoms with Crippen LogP contribution in [0.3, 0.4) is 0 Å². The molecular formula is C18H26F2O2. The van der Waals surface area contributed by atoms with Crippen molar-refractivity contribution in [1.29, 1.82) is 0 Å². The number of alkyl halides is 1. The second kappa shape index (κ2) is 8.47. The van der Waals surface area contributed by atoms with Crippen LogP contribution < -0.4 is 4.74 Å². The highest BCUT2D eigenvalue weighted by molar-refractivity contribution is 5.29. The molecule has 1 aliphatic rings. The van der Waals surface area contributed by atoms with E-state index >= 15 is 0 Å². The van der Waals surface area contributed by atoms with Crippen molar-refractivity contribution in [3.8, 4) is 5.75 Å². The fourth-order valence-electron chi connectivity index (χ4n) is 3.08. The van der Waals surface area contributed by atoms with Crippen LogP contribution in [0.4, 0.5) is 8.78 Å². The normalized spacial score (nSPS) is 23.3. The molecule has 1 aliphatic carbocycles. The molecule has 1 unspecified atom stereocenters. The largest absolute Gasteiger partial charge is 0.490 e. The number of rotatable bonds is 7. The molecule has 0 radical (unpaired) electrons. The van der Waals surface area contributed by atoms with E-state index in [9.17, 15) is 8.78 Å². The van der Waals surface area contributed by atoms with Crippen LogP contribution in [0.15, 0.2) is 18.2 Å². The SMILES string of the molecule is CCc1ccc(OCCC(F)C2CCC(OC)CC2)c(F)c1. The fraction of sp³-hybridized carbons (Fsp3) is 0.667. The Kier molecular flexibility index (Phi) is 6.62. The Morgan fingerprint density at radius 2 is 1.95 bits per heavy atom. The highest BCUT2D eigenvalue weighted by Crippen LogP contribution is 2.31. The quantitative estimate of drug-likeness (QED) is 0.726. The maximum absolute atomic E-state index is 14.2. The zero-order valence-corrected chi connectivity index (χ0v) is 13.5. The summed E-state index contributed by atoms with van der Waals surface area (Å²) in [5.41, 5.74) is 0.933. The number of hydrogen-bond acceptors (Lipinski definition) is 2. The third-order valence-corrected chi connectivity index (χ3v) is 4.62. The number of hydrogen-bond donors (Lipinski definition) is 0. The van der Waals surface area contributed by atoms with Gasteiger partial charge in [0, 0.05) is 13.5 Å². The molecule has 124 valence electrons. The average molecular weight is 312 g/mol. The summed E-state index contributed by atoms with van der Waals surface area (Å²) < 4.78 is 38.7. The lowest BCUT2D eigenvalue weighted by Crippen LogP contribution is -2.27. The topological polar surface area (TPSA) is 18.5 Å². The number of ether oxygens (including phenoxy) is 2. The van der Waals surface area contributed by atoms with Crippen molar-refractivity contribution < 1.29 is 18.3 Å². The van der Waals surface area contributed by atoms with E-state index in [2.05, 4.69) is 0 Å². The Morgan fingerprint density at radius 3 is 2.55 bits per heavy atom. The minimum atomic E-state index is -0.879. The summed E-state index contributed by atoms with van der Waals surface area (Å²) in [6, 6.07) is 4.96. The predicted octanol–water partition coefficient (Wildman–Crippen LogP) is 4.70. The molecule has 0 spiro atoms. The van der Waals surface area contributed by atoms with Gasteiger partial charge < -0.3 is 9.47 Å². The number of methoxy groups -OCH3 is 1. The van der Waals surface area contributed by atoms with Gasteiger partial charge in [-0.3, -0.25) is 0 Å². The predicted molar refractivity (Wildman–Crippen MR) is 83.5 cm³/mol. The van der Waals surface area contributed by atoms with Crippen LogP contribution >= 0.6 is 0 Å². The van der Waals surface area contributed by atoms with E-state index in [0.717, 1.165) is 37.7 Å². The van der Waals surface area contributed by atoms with Gasteiger partial charge in [0.05, 0.1) is 12.7 Å². The van der Waals surface area contributed by atoms with E-state index in [-0.39, 0.29) is 30.2 Å². The molecule has 0 aliphatic heterocycles. The average Bonchev–Trinajstić information content (AvgIpc) is 2.56. The van der Waals surface area contributed by atoms with E-state index in [1.54, 1.807) is 13.2 Å². The molecule has 1 atom stereocenters. The first kappa shape index (κ1) is 17.2. The third kappa shape index (κ3) is 4.67. The monoisotopic (exact) mass is 312 g/mol. The Morgan fingerprint density at radius 1 is 1.23 bits per heavy atom. The first-order valence-corrected chi connectivity index (χ1v) is 8.22. The molecule has 0 N–H and O–H groups in total. The molecule has 0 amide bonds. The van der Waals surface area contributed by atoms with Crippen LogP contribution in [-0.4, -0.2) is 26.0 Å². The number of benzene rings is 1. The lowest BCUT2D eigenvalue weighted by atomic mass is 9.83. The van der Waals surface area contributed by atoms with Gasteiger partial charge >= 0.3 is 0 Å². The van der Waals surface area contributed by atoms with Crippen LogP contribution in [0.25, 0.3) is 0 Å². The van der Waals surface area contributed by atoms with Crippen molar-refractivity contribution in [3.63, 3.8) is 0 Å². The van der Waals surface area contributed by atoms with Gasteiger partial charge in [0.1, 0.15) is 6.17 Å². The van der Waals surface area contributed by atoms with Crippen molar-refractivity contribution in [2.24, 2.45) is 5.92 Å². The Hall–Kier alpha value is -1.16. The third-order valence-electron chi connectivity index (χ3n) is 4.62. The van der Waals surface area contributed by atoms with Crippen LogP contribution in [-0.2, 0) is 11.2 Å². The van der Waals surface area contributed by atoms with Crippen molar-refractivity contribution in [2.75, 3.05) is 13.7 Å². The summed E-state index contributed by atoms with van der Waals surface area (Å²) in [7, 11) is 1.71. The maximum Gasteiger partial charge on any atom is 0.165 e. The lowest BCUT2D eigenvalue weighted by molar-refractivity contribution is 0.0369. The van der Waals surface area contributed by atoms with Crippen molar-refractivity contribution in [3.05, 3.63) is 29.6 Å². The molecule has 1 aromatic rings. The van der Waals surface area contributed by atoms with Gasteiger partial charge in [0.2, 0.25) is 0 Å². The Balaban J connectivity index is 1.74. The molecule has 1 saturated carbocycles. The highest BCUT2D eigenvalue weighted by Gasteiger charge is 2.27. The van der Waals surface area contributed by atoms with Crippen molar-refractivity contribution in [1.82, 2.24) is 0 Å². The zero-order chi connectivity index (χ0) is 15.9. The fourth-order valence-corrected chi connectivity index (χ4v) is 3.08. The van der Waals surface area contributed by atoms with E-state index in [0.29, 0.717) is 6.42 Å². The summed E-state index contributed by atoms with van der Waals surface area (Å²) in [5.74, 6) is -0.0647. The standard InChI is InChI=1S/C18H26F2O2/c1-3-13-4-9-18(17(20)12-13)22-11-10-16(19)14-5-7-15(21-2)8-6-14/h4,9,12,14-16H,3,5-8,10-11H2,1-2H3. The van der Waals surface area contributed by atoms with Crippen molar-refractivity contribution in [2.45, 2.75) is 57.7 Å². The summed E-state index contributed by atoms with van der Waals surface area (Å²) in [5, 5.41) is 0. The molecule has 2 nitrogen and oxygen atoms in total. The van der Waals surface area contributed by atoms with Gasteiger partial charge in [0.25, 0.3) is 0 Å². The smallest absolute Gasteiger partial charge is 0.165 e. The minimum absolute atomic E-state index is 0.0855.